The predicted octanol–water partition coefficient (Wildman–Crippen LogP) is 2.49. The topological polar surface area (TPSA) is 80.0 Å². The zero-order chi connectivity index (χ0) is 13.7. The average Bonchev–Trinajstić information content (AvgIpc) is 2.42. The maximum Gasteiger partial charge on any atom is 0.323 e. The van der Waals surface area contributed by atoms with Crippen LogP contribution in [0.3, 0.4) is 0 Å². The molecule has 5 nitrogen and oxygen atoms in total. The van der Waals surface area contributed by atoms with E-state index in [-0.39, 0.29) is 6.03 Å². The molecule has 0 atom stereocenters. The average molecular weight is 256 g/mol. The van der Waals surface area contributed by atoms with Gasteiger partial charge in [0.05, 0.1) is 11.9 Å². The summed E-state index contributed by atoms with van der Waals surface area (Å²) in [5, 5.41) is 5.50. The summed E-state index contributed by atoms with van der Waals surface area (Å²) in [6.07, 6.45) is 3.30. The molecular weight excluding hydrogens is 240 g/mol. The van der Waals surface area contributed by atoms with E-state index in [4.69, 9.17) is 5.73 Å². The quantitative estimate of drug-likeness (QED) is 0.789. The lowest BCUT2D eigenvalue weighted by atomic mass is 10.2. The highest BCUT2D eigenvalue weighted by Crippen LogP contribution is 2.13. The van der Waals surface area contributed by atoms with Crippen molar-refractivity contribution in [2.45, 2.75) is 13.5 Å². The third kappa shape index (κ3) is 3.53. The molecule has 0 saturated carbocycles. The van der Waals surface area contributed by atoms with Crippen LogP contribution >= 0.6 is 0 Å². The van der Waals surface area contributed by atoms with E-state index in [0.717, 1.165) is 16.8 Å². The van der Waals surface area contributed by atoms with Gasteiger partial charge in [0.2, 0.25) is 0 Å². The first-order chi connectivity index (χ1) is 9.19. The van der Waals surface area contributed by atoms with E-state index in [0.29, 0.717) is 12.2 Å². The van der Waals surface area contributed by atoms with Crippen molar-refractivity contribution in [3.05, 3.63) is 53.9 Å². The van der Waals surface area contributed by atoms with Crippen molar-refractivity contribution in [2.75, 3.05) is 10.6 Å². The van der Waals surface area contributed by atoms with Crippen molar-refractivity contribution in [1.29, 1.82) is 0 Å². The number of pyridine rings is 1. The summed E-state index contributed by atoms with van der Waals surface area (Å²) in [6.45, 7) is 2.40. The van der Waals surface area contributed by atoms with Gasteiger partial charge < -0.3 is 16.4 Å². The standard InChI is InChI=1S/C14H16N4O/c1-10-6-7-16-9-13(10)18-14(19)17-12-4-2-11(8-15)3-5-12/h2-7,9H,8,15H2,1H3,(H2,17,18,19). The van der Waals surface area contributed by atoms with Crippen molar-refractivity contribution in [2.24, 2.45) is 5.73 Å². The smallest absolute Gasteiger partial charge is 0.323 e. The van der Waals surface area contributed by atoms with Gasteiger partial charge in [-0.15, -0.1) is 0 Å². The Balaban J connectivity index is 1.99. The number of benzene rings is 1. The number of aryl methyl sites for hydroxylation is 1. The number of urea groups is 1. The third-order valence-corrected chi connectivity index (χ3v) is 2.73. The number of nitrogens with zero attached hydrogens (tertiary/aromatic N) is 1. The van der Waals surface area contributed by atoms with Crippen LogP contribution in [0, 0.1) is 6.92 Å². The molecule has 0 aliphatic rings. The highest BCUT2D eigenvalue weighted by atomic mass is 16.2. The van der Waals surface area contributed by atoms with Crippen LogP contribution in [0.4, 0.5) is 16.2 Å². The second kappa shape index (κ2) is 5.97. The minimum absolute atomic E-state index is 0.295. The van der Waals surface area contributed by atoms with Gasteiger partial charge in [0, 0.05) is 18.4 Å². The van der Waals surface area contributed by atoms with Crippen molar-refractivity contribution < 1.29 is 4.79 Å². The van der Waals surface area contributed by atoms with E-state index >= 15 is 0 Å². The highest BCUT2D eigenvalue weighted by Gasteiger charge is 2.04. The Morgan fingerprint density at radius 2 is 1.95 bits per heavy atom. The predicted molar refractivity (Wildman–Crippen MR) is 75.9 cm³/mol. The number of carbonyl (C=O) groups is 1. The molecule has 0 fully saturated rings. The molecule has 1 aromatic carbocycles. The van der Waals surface area contributed by atoms with E-state index in [9.17, 15) is 4.79 Å². The van der Waals surface area contributed by atoms with Crippen LogP contribution in [0.5, 0.6) is 0 Å². The fourth-order valence-corrected chi connectivity index (χ4v) is 1.60. The van der Waals surface area contributed by atoms with E-state index in [1.165, 1.54) is 0 Å². The Bertz CT molecular complexity index is 566. The molecule has 2 aromatic rings. The molecule has 19 heavy (non-hydrogen) atoms. The number of hydrogen-bond donors (Lipinski definition) is 3. The number of aromatic nitrogens is 1. The van der Waals surface area contributed by atoms with Gasteiger partial charge in [-0.05, 0) is 36.2 Å². The lowest BCUT2D eigenvalue weighted by Gasteiger charge is -2.09. The molecule has 98 valence electrons. The van der Waals surface area contributed by atoms with Crippen LogP contribution in [0.25, 0.3) is 0 Å². The molecule has 0 aliphatic carbocycles. The second-order valence-electron chi connectivity index (χ2n) is 4.17. The Labute approximate surface area is 111 Å². The summed E-state index contributed by atoms with van der Waals surface area (Å²) in [5.41, 5.74) is 8.91. The minimum atomic E-state index is -0.295. The molecule has 2 amide bonds. The summed E-state index contributed by atoms with van der Waals surface area (Å²) >= 11 is 0. The van der Waals surface area contributed by atoms with Crippen LogP contribution in [-0.2, 0) is 6.54 Å². The van der Waals surface area contributed by atoms with Gasteiger partial charge in [-0.1, -0.05) is 12.1 Å². The zero-order valence-electron chi connectivity index (χ0n) is 10.7. The Hall–Kier alpha value is -2.40. The second-order valence-corrected chi connectivity index (χ2v) is 4.17. The zero-order valence-corrected chi connectivity index (χ0v) is 10.7. The van der Waals surface area contributed by atoms with Crippen molar-refractivity contribution in [3.63, 3.8) is 0 Å². The molecule has 4 N–H and O–H groups in total. The minimum Gasteiger partial charge on any atom is -0.326 e. The molecule has 0 bridgehead atoms. The van der Waals surface area contributed by atoms with Crippen LogP contribution in [0.1, 0.15) is 11.1 Å². The van der Waals surface area contributed by atoms with Crippen molar-refractivity contribution in [1.82, 2.24) is 4.98 Å². The summed E-state index contributed by atoms with van der Waals surface area (Å²) < 4.78 is 0. The maximum absolute atomic E-state index is 11.8. The lowest BCUT2D eigenvalue weighted by molar-refractivity contribution is 0.262. The third-order valence-electron chi connectivity index (χ3n) is 2.73. The summed E-state index contributed by atoms with van der Waals surface area (Å²) in [6, 6.07) is 8.94. The van der Waals surface area contributed by atoms with Gasteiger partial charge in [0.25, 0.3) is 0 Å². The molecule has 0 saturated heterocycles. The van der Waals surface area contributed by atoms with Crippen molar-refractivity contribution >= 4 is 17.4 Å². The van der Waals surface area contributed by atoms with Gasteiger partial charge in [-0.3, -0.25) is 4.98 Å². The number of rotatable bonds is 3. The molecule has 0 spiro atoms. The molecular formula is C14H16N4O. The van der Waals surface area contributed by atoms with Gasteiger partial charge >= 0.3 is 6.03 Å². The van der Waals surface area contributed by atoms with Crippen LogP contribution in [-0.4, -0.2) is 11.0 Å². The van der Waals surface area contributed by atoms with Crippen LogP contribution in [0.15, 0.2) is 42.7 Å². The van der Waals surface area contributed by atoms with Gasteiger partial charge in [-0.25, -0.2) is 4.79 Å². The molecule has 0 aliphatic heterocycles. The first-order valence-corrected chi connectivity index (χ1v) is 5.96. The van der Waals surface area contributed by atoms with Gasteiger partial charge in [0.15, 0.2) is 0 Å². The molecule has 5 heteroatoms. The molecule has 2 rings (SSSR count). The van der Waals surface area contributed by atoms with Crippen molar-refractivity contribution in [3.8, 4) is 0 Å². The molecule has 0 unspecified atom stereocenters. The van der Waals surface area contributed by atoms with Gasteiger partial charge in [0.1, 0.15) is 0 Å². The lowest BCUT2D eigenvalue weighted by Crippen LogP contribution is -2.20. The van der Waals surface area contributed by atoms with E-state index in [1.807, 2.05) is 37.3 Å². The summed E-state index contributed by atoms with van der Waals surface area (Å²) in [5.74, 6) is 0. The number of amides is 2. The van der Waals surface area contributed by atoms with Gasteiger partial charge in [-0.2, -0.15) is 0 Å². The van der Waals surface area contributed by atoms with E-state index < -0.39 is 0 Å². The Morgan fingerprint density at radius 3 is 2.58 bits per heavy atom. The number of carbonyl (C=O) groups excluding carboxylic acids is 1. The number of anilines is 2. The normalized spacial score (nSPS) is 10.0. The molecule has 1 heterocycles. The van der Waals surface area contributed by atoms with Crippen LogP contribution in [0.2, 0.25) is 0 Å². The maximum atomic E-state index is 11.8. The summed E-state index contributed by atoms with van der Waals surface area (Å²) in [4.78, 5) is 15.8. The molecule has 1 aromatic heterocycles. The Morgan fingerprint density at radius 1 is 1.21 bits per heavy atom. The first kappa shape index (κ1) is 13.0. The number of hydrogen-bond acceptors (Lipinski definition) is 3. The van der Waals surface area contributed by atoms with E-state index in [1.54, 1.807) is 12.4 Å². The first-order valence-electron chi connectivity index (χ1n) is 5.96. The van der Waals surface area contributed by atoms with Crippen LogP contribution < -0.4 is 16.4 Å². The largest absolute Gasteiger partial charge is 0.326 e. The molecule has 0 radical (unpaired) electrons. The monoisotopic (exact) mass is 256 g/mol. The fraction of sp³-hybridized carbons (Fsp3) is 0.143. The highest BCUT2D eigenvalue weighted by molar-refractivity contribution is 6.00. The Kier molecular flexibility index (Phi) is 4.10. The SMILES string of the molecule is Cc1ccncc1NC(=O)Nc1ccc(CN)cc1. The summed E-state index contributed by atoms with van der Waals surface area (Å²) in [7, 11) is 0. The number of nitrogens with one attached hydrogen (secondary N) is 2. The van der Waals surface area contributed by atoms with E-state index in [2.05, 4.69) is 15.6 Å². The fourth-order valence-electron chi connectivity index (χ4n) is 1.60. The number of nitrogens with two attached hydrogens (primary N) is 1.